The highest BCUT2D eigenvalue weighted by atomic mass is 16.6. The van der Waals surface area contributed by atoms with E-state index in [9.17, 15) is 9.90 Å². The fraction of sp³-hybridized carbons (Fsp3) is 0.649. The van der Waals surface area contributed by atoms with E-state index < -0.39 is 23.8 Å². The first-order valence-electron chi connectivity index (χ1n) is 16.4. The highest BCUT2D eigenvalue weighted by Crippen LogP contribution is 2.32. The predicted molar refractivity (Wildman–Crippen MR) is 180 cm³/mol. The molecule has 0 bridgehead atoms. The van der Waals surface area contributed by atoms with Gasteiger partial charge in [0.15, 0.2) is 11.5 Å². The van der Waals surface area contributed by atoms with Crippen molar-refractivity contribution in [2.45, 2.75) is 98.5 Å². The summed E-state index contributed by atoms with van der Waals surface area (Å²) in [4.78, 5) is 13.0. The van der Waals surface area contributed by atoms with E-state index in [-0.39, 0.29) is 11.8 Å². The van der Waals surface area contributed by atoms with Gasteiger partial charge >= 0.3 is 6.09 Å². The van der Waals surface area contributed by atoms with Crippen molar-refractivity contribution in [2.24, 2.45) is 23.7 Å². The van der Waals surface area contributed by atoms with Crippen LogP contribution in [0.2, 0.25) is 0 Å². The monoisotopic (exact) mass is 629 g/mol. The van der Waals surface area contributed by atoms with Crippen molar-refractivity contribution in [3.05, 3.63) is 59.7 Å². The van der Waals surface area contributed by atoms with E-state index in [0.29, 0.717) is 62.6 Å². The third kappa shape index (κ3) is 14.9. The molecule has 0 unspecified atom stereocenters. The van der Waals surface area contributed by atoms with Crippen LogP contribution in [0.1, 0.15) is 78.9 Å². The summed E-state index contributed by atoms with van der Waals surface area (Å²) in [5.74, 6) is 2.26. The SMILES string of the molecule is COCCCOc1cc(C[C@@H](C[C@H](NC(=O)OC(C)(C)C)[C@@H](O)C[C@H](COCc2ccccc2)C(C)C)C(C)C)ccc1OC. The van der Waals surface area contributed by atoms with Gasteiger partial charge < -0.3 is 34.1 Å². The van der Waals surface area contributed by atoms with Crippen molar-refractivity contribution >= 4 is 6.09 Å². The lowest BCUT2D eigenvalue weighted by atomic mass is 9.81. The van der Waals surface area contributed by atoms with Crippen LogP contribution in [-0.2, 0) is 27.2 Å². The van der Waals surface area contributed by atoms with Gasteiger partial charge in [0.25, 0.3) is 0 Å². The Balaban J connectivity index is 2.21. The standard InChI is InChI=1S/C37H59NO7/c1-26(2)30(20-29-16-17-34(42-9)35(21-29)44-19-13-18-41-8)22-32(38-36(40)45-37(5,6)7)33(39)23-31(27(3)4)25-43-24-28-14-11-10-12-15-28/h10-12,14-17,21,26-27,30-33,39H,13,18-20,22-25H2,1-9H3,(H,38,40)/t30-,31+,32-,33-/m0/s1. The van der Waals surface area contributed by atoms with Gasteiger partial charge in [0.05, 0.1) is 39.1 Å². The number of carbonyl (C=O) groups is 1. The summed E-state index contributed by atoms with van der Waals surface area (Å²) in [6, 6.07) is 15.6. The summed E-state index contributed by atoms with van der Waals surface area (Å²) in [6.45, 7) is 16.4. The normalized spacial score (nSPS) is 14.6. The molecule has 0 radical (unpaired) electrons. The van der Waals surface area contributed by atoms with Crippen LogP contribution in [0.5, 0.6) is 11.5 Å². The van der Waals surface area contributed by atoms with E-state index in [1.807, 2.05) is 63.2 Å². The van der Waals surface area contributed by atoms with Crippen molar-refractivity contribution in [1.82, 2.24) is 5.32 Å². The number of hydrogen-bond donors (Lipinski definition) is 2. The van der Waals surface area contributed by atoms with Gasteiger partial charge in [0, 0.05) is 20.1 Å². The van der Waals surface area contributed by atoms with Gasteiger partial charge in [-0.25, -0.2) is 4.79 Å². The fourth-order valence-corrected chi connectivity index (χ4v) is 5.25. The van der Waals surface area contributed by atoms with Crippen LogP contribution in [0.25, 0.3) is 0 Å². The van der Waals surface area contributed by atoms with Crippen LogP contribution in [0.4, 0.5) is 4.79 Å². The fourth-order valence-electron chi connectivity index (χ4n) is 5.25. The molecule has 1 amide bonds. The Hall–Kier alpha value is -2.81. The molecule has 2 aromatic rings. The van der Waals surface area contributed by atoms with Gasteiger partial charge in [0.1, 0.15) is 5.60 Å². The molecule has 0 aromatic heterocycles. The average Bonchev–Trinajstić information content (AvgIpc) is 2.97. The molecule has 8 nitrogen and oxygen atoms in total. The number of rotatable bonds is 20. The molecular weight excluding hydrogens is 570 g/mol. The molecule has 8 heteroatoms. The number of amides is 1. The van der Waals surface area contributed by atoms with E-state index in [2.05, 4.69) is 39.1 Å². The van der Waals surface area contributed by atoms with E-state index >= 15 is 0 Å². The number of aliphatic hydroxyl groups is 1. The van der Waals surface area contributed by atoms with Crippen molar-refractivity contribution < 1.29 is 33.6 Å². The lowest BCUT2D eigenvalue weighted by Gasteiger charge is -2.33. The van der Waals surface area contributed by atoms with Crippen LogP contribution in [0.3, 0.4) is 0 Å². The average molecular weight is 630 g/mol. The second-order valence-electron chi connectivity index (χ2n) is 13.7. The number of methoxy groups -OCH3 is 2. The number of carbonyl (C=O) groups excluding carboxylic acids is 1. The van der Waals surface area contributed by atoms with Gasteiger partial charge in [-0.2, -0.15) is 0 Å². The maximum Gasteiger partial charge on any atom is 0.407 e. The minimum absolute atomic E-state index is 0.114. The Morgan fingerprint density at radius 1 is 0.867 bits per heavy atom. The Kier molecular flexibility index (Phi) is 16.8. The minimum atomic E-state index is -0.776. The summed E-state index contributed by atoms with van der Waals surface area (Å²) < 4.78 is 28.4. The number of ether oxygens (including phenoxy) is 5. The maximum atomic E-state index is 13.0. The van der Waals surface area contributed by atoms with Gasteiger partial charge in [0.2, 0.25) is 0 Å². The largest absolute Gasteiger partial charge is 0.493 e. The van der Waals surface area contributed by atoms with Gasteiger partial charge in [-0.15, -0.1) is 0 Å². The first kappa shape index (κ1) is 38.4. The van der Waals surface area contributed by atoms with Crippen LogP contribution in [0, 0.1) is 23.7 Å². The Morgan fingerprint density at radius 2 is 1.56 bits per heavy atom. The van der Waals surface area contributed by atoms with Gasteiger partial charge in [-0.05, 0) is 87.0 Å². The lowest BCUT2D eigenvalue weighted by molar-refractivity contribution is 0.0174. The van der Waals surface area contributed by atoms with E-state index in [4.69, 9.17) is 23.7 Å². The van der Waals surface area contributed by atoms with Crippen molar-refractivity contribution in [3.63, 3.8) is 0 Å². The molecule has 0 aliphatic carbocycles. The quantitative estimate of drug-likeness (QED) is 0.147. The van der Waals surface area contributed by atoms with E-state index in [0.717, 1.165) is 24.0 Å². The molecule has 0 aliphatic heterocycles. The van der Waals surface area contributed by atoms with Crippen LogP contribution in [0.15, 0.2) is 48.5 Å². The summed E-state index contributed by atoms with van der Waals surface area (Å²) in [5, 5.41) is 14.7. The molecule has 0 spiro atoms. The molecule has 2 N–H and O–H groups in total. The number of aliphatic hydroxyl groups excluding tert-OH is 1. The molecule has 0 saturated heterocycles. The minimum Gasteiger partial charge on any atom is -0.493 e. The summed E-state index contributed by atoms with van der Waals surface area (Å²) in [5.41, 5.74) is 1.58. The Labute approximate surface area is 272 Å². The molecule has 0 aliphatic rings. The second-order valence-corrected chi connectivity index (χ2v) is 13.7. The molecule has 0 fully saturated rings. The number of benzene rings is 2. The molecule has 45 heavy (non-hydrogen) atoms. The first-order chi connectivity index (χ1) is 21.3. The van der Waals surface area contributed by atoms with Crippen molar-refractivity contribution in [3.8, 4) is 11.5 Å². The Bertz CT molecular complexity index is 1100. The zero-order valence-electron chi connectivity index (χ0n) is 29.1. The predicted octanol–water partition coefficient (Wildman–Crippen LogP) is 7.45. The summed E-state index contributed by atoms with van der Waals surface area (Å²) in [6.07, 6.45) is 1.32. The second kappa shape index (κ2) is 19.6. The highest BCUT2D eigenvalue weighted by Gasteiger charge is 2.31. The lowest BCUT2D eigenvalue weighted by Crippen LogP contribution is -2.48. The zero-order valence-corrected chi connectivity index (χ0v) is 29.1. The zero-order chi connectivity index (χ0) is 33.4. The molecule has 2 rings (SSSR count). The summed E-state index contributed by atoms with van der Waals surface area (Å²) >= 11 is 0. The molecule has 2 aromatic carbocycles. The smallest absolute Gasteiger partial charge is 0.407 e. The Morgan fingerprint density at radius 3 is 2.16 bits per heavy atom. The number of nitrogens with one attached hydrogen (secondary N) is 1. The maximum absolute atomic E-state index is 13.0. The molecule has 4 atom stereocenters. The van der Waals surface area contributed by atoms with Gasteiger partial charge in [-0.3, -0.25) is 0 Å². The number of hydrogen-bond acceptors (Lipinski definition) is 7. The van der Waals surface area contributed by atoms with Crippen LogP contribution >= 0.6 is 0 Å². The van der Waals surface area contributed by atoms with Crippen LogP contribution < -0.4 is 14.8 Å². The van der Waals surface area contributed by atoms with E-state index in [1.54, 1.807) is 14.2 Å². The third-order valence-corrected chi connectivity index (χ3v) is 8.07. The summed E-state index contributed by atoms with van der Waals surface area (Å²) in [7, 11) is 3.32. The number of alkyl carbamates (subject to hydrolysis) is 1. The van der Waals surface area contributed by atoms with E-state index in [1.165, 1.54) is 0 Å². The molecule has 0 heterocycles. The van der Waals surface area contributed by atoms with Crippen molar-refractivity contribution in [2.75, 3.05) is 34.0 Å². The molecular formula is C37H59NO7. The van der Waals surface area contributed by atoms with Crippen molar-refractivity contribution in [1.29, 1.82) is 0 Å². The van der Waals surface area contributed by atoms with Gasteiger partial charge in [-0.1, -0.05) is 64.1 Å². The molecule has 0 saturated carbocycles. The third-order valence-electron chi connectivity index (χ3n) is 8.07. The van der Waals surface area contributed by atoms with Crippen LogP contribution in [-0.4, -0.2) is 63.0 Å². The highest BCUT2D eigenvalue weighted by molar-refractivity contribution is 5.68. The topological polar surface area (TPSA) is 95.5 Å². The molecule has 254 valence electrons. The first-order valence-corrected chi connectivity index (χ1v) is 16.4.